The summed E-state index contributed by atoms with van der Waals surface area (Å²) in [4.78, 5) is 0. The normalized spacial score (nSPS) is 16.4. The van der Waals surface area contributed by atoms with E-state index in [0.717, 1.165) is 0 Å². The van der Waals surface area contributed by atoms with Gasteiger partial charge < -0.3 is 4.57 Å². The molecule has 1 spiro atoms. The van der Waals surface area contributed by atoms with Crippen molar-refractivity contribution in [3.8, 4) is 28.2 Å². The van der Waals surface area contributed by atoms with Crippen LogP contribution in [0.3, 0.4) is 0 Å². The summed E-state index contributed by atoms with van der Waals surface area (Å²) in [5.74, 6) is 0. The van der Waals surface area contributed by atoms with Crippen molar-refractivity contribution in [3.63, 3.8) is 0 Å². The molecule has 48 heavy (non-hydrogen) atoms. The number of hydrogen-bond acceptors (Lipinski definition) is 0. The Morgan fingerprint density at radius 2 is 1.23 bits per heavy atom. The first kappa shape index (κ1) is 23.8. The van der Waals surface area contributed by atoms with Crippen LogP contribution in [0.2, 0.25) is 0 Å². The minimum atomic E-state index is -0.649. The van der Waals surface area contributed by atoms with Gasteiger partial charge in [-0.15, -0.1) is 4.68 Å². The standard InChI is InChI=1S/C43H25N5/c1-2-10-27-23-28(19-18-26(27)9-1)29-24-45-36-16-7-17-37-39(36)43(46(45)25-29)40-38(21-20-32-30-11-3-5-14-34(30)47(37)41(32)40)48-35-15-6-4-12-31(35)33-13-8-22-44(43)42(33)48/h1-25H/q+2. The molecule has 1 atom stereocenters. The number of rotatable bonds is 1. The zero-order valence-corrected chi connectivity index (χ0v) is 25.7. The molecule has 7 heterocycles. The van der Waals surface area contributed by atoms with Crippen LogP contribution in [0, 0.1) is 0 Å². The van der Waals surface area contributed by atoms with Gasteiger partial charge in [0.05, 0.1) is 40.1 Å². The van der Waals surface area contributed by atoms with Gasteiger partial charge in [0.25, 0.3) is 0 Å². The molecule has 0 fully saturated rings. The van der Waals surface area contributed by atoms with Crippen LogP contribution in [0.1, 0.15) is 11.1 Å². The molecular formula is C43H25N5+2. The van der Waals surface area contributed by atoms with E-state index in [0.29, 0.717) is 0 Å². The van der Waals surface area contributed by atoms with Gasteiger partial charge in [0.1, 0.15) is 22.3 Å². The molecule has 4 aromatic heterocycles. The van der Waals surface area contributed by atoms with Crippen molar-refractivity contribution in [2.75, 3.05) is 0 Å². The van der Waals surface area contributed by atoms with Crippen LogP contribution >= 0.6 is 0 Å². The first-order valence-electron chi connectivity index (χ1n) is 16.6. The summed E-state index contributed by atoms with van der Waals surface area (Å²) >= 11 is 0. The molecule has 3 aliphatic heterocycles. The topological polar surface area (TPSA) is 22.5 Å². The number of para-hydroxylation sites is 2. The summed E-state index contributed by atoms with van der Waals surface area (Å²) in [6, 6.07) is 49.4. The number of hydrogen-bond donors (Lipinski definition) is 0. The lowest BCUT2D eigenvalue weighted by molar-refractivity contribution is -0.987. The SMILES string of the molecule is c1cc2c3c(c1)-n1cc(-c4ccc5ccccc5c4)c[n+]1C31c3c(ccc4c5ccccc5n-2c34)-n2c3ccccc3c3ccc[n+]1c32. The Bertz CT molecular complexity index is 3130. The van der Waals surface area contributed by atoms with E-state index < -0.39 is 5.66 Å². The molecule has 0 saturated heterocycles. The van der Waals surface area contributed by atoms with E-state index in [2.05, 4.69) is 175 Å². The van der Waals surface area contributed by atoms with Crippen molar-refractivity contribution >= 4 is 54.5 Å². The van der Waals surface area contributed by atoms with E-state index in [1.165, 1.54) is 93.8 Å². The second-order valence-corrected chi connectivity index (χ2v) is 13.5. The lowest BCUT2D eigenvalue weighted by Crippen LogP contribution is -2.76. The van der Waals surface area contributed by atoms with Gasteiger partial charge in [-0.3, -0.25) is 0 Å². The Morgan fingerprint density at radius 1 is 0.500 bits per heavy atom. The Hall–Kier alpha value is -6.46. The summed E-state index contributed by atoms with van der Waals surface area (Å²) in [6.07, 6.45) is 7.04. The van der Waals surface area contributed by atoms with Gasteiger partial charge >= 0.3 is 11.3 Å². The third kappa shape index (κ3) is 2.40. The van der Waals surface area contributed by atoms with Crippen molar-refractivity contribution in [2.24, 2.45) is 0 Å². The Kier molecular flexibility index (Phi) is 3.84. The third-order valence-electron chi connectivity index (χ3n) is 11.4. The van der Waals surface area contributed by atoms with Crippen molar-refractivity contribution in [1.29, 1.82) is 0 Å². The average molecular weight is 612 g/mol. The van der Waals surface area contributed by atoms with Crippen LogP contribution in [0.4, 0.5) is 0 Å². The van der Waals surface area contributed by atoms with Crippen LogP contribution < -0.4 is 9.25 Å². The number of fused-ring (bicyclic) bond motifs is 11. The van der Waals surface area contributed by atoms with Gasteiger partial charge in [0.15, 0.2) is 5.69 Å². The molecule has 3 aliphatic rings. The fourth-order valence-electron chi connectivity index (χ4n) is 9.62. The summed E-state index contributed by atoms with van der Waals surface area (Å²) < 4.78 is 12.5. The predicted molar refractivity (Wildman–Crippen MR) is 189 cm³/mol. The van der Waals surface area contributed by atoms with Crippen molar-refractivity contribution in [3.05, 3.63) is 163 Å². The average Bonchev–Trinajstić information content (AvgIpc) is 3.89. The molecule has 0 amide bonds. The molecule has 5 nitrogen and oxygen atoms in total. The van der Waals surface area contributed by atoms with Crippen molar-refractivity contribution in [2.45, 2.75) is 5.66 Å². The minimum absolute atomic E-state index is 0.649. The number of nitrogens with zero attached hydrogens (tertiary/aromatic N) is 5. The minimum Gasteiger partial charge on any atom is -0.307 e. The predicted octanol–water partition coefficient (Wildman–Crippen LogP) is 8.30. The quantitative estimate of drug-likeness (QED) is 0.167. The Morgan fingerprint density at radius 3 is 2.12 bits per heavy atom. The zero-order valence-electron chi connectivity index (χ0n) is 25.7. The molecule has 13 rings (SSSR count). The lowest BCUT2D eigenvalue weighted by Gasteiger charge is -2.33. The van der Waals surface area contributed by atoms with E-state index >= 15 is 0 Å². The fourth-order valence-corrected chi connectivity index (χ4v) is 9.62. The molecule has 1 unspecified atom stereocenters. The van der Waals surface area contributed by atoms with Gasteiger partial charge in [-0.1, -0.05) is 77.5 Å². The third-order valence-corrected chi connectivity index (χ3v) is 11.4. The van der Waals surface area contributed by atoms with Crippen LogP contribution in [-0.4, -0.2) is 13.8 Å². The summed E-state index contributed by atoms with van der Waals surface area (Å²) in [5, 5.41) is 7.61. The van der Waals surface area contributed by atoms with Crippen LogP contribution in [0.25, 0.3) is 82.7 Å². The van der Waals surface area contributed by atoms with Crippen LogP contribution in [0.5, 0.6) is 0 Å². The first-order chi connectivity index (χ1) is 23.8. The molecule has 5 heteroatoms. The van der Waals surface area contributed by atoms with Crippen molar-refractivity contribution in [1.82, 2.24) is 13.8 Å². The van der Waals surface area contributed by atoms with Crippen molar-refractivity contribution < 1.29 is 9.25 Å². The van der Waals surface area contributed by atoms with Crippen LogP contribution in [0.15, 0.2) is 152 Å². The number of benzene rings is 6. The fraction of sp³-hybridized carbons (Fsp3) is 0.0233. The highest BCUT2D eigenvalue weighted by Gasteiger charge is 2.68. The molecule has 0 aliphatic carbocycles. The van der Waals surface area contributed by atoms with Gasteiger partial charge in [0, 0.05) is 16.2 Å². The molecule has 0 saturated carbocycles. The maximum absolute atomic E-state index is 2.57. The van der Waals surface area contributed by atoms with Crippen LogP contribution in [-0.2, 0) is 5.66 Å². The van der Waals surface area contributed by atoms with E-state index in [1.54, 1.807) is 0 Å². The van der Waals surface area contributed by atoms with E-state index in [4.69, 9.17) is 0 Å². The Labute approximate surface area is 274 Å². The van der Waals surface area contributed by atoms with Gasteiger partial charge in [0.2, 0.25) is 6.20 Å². The molecule has 0 radical (unpaired) electrons. The first-order valence-corrected chi connectivity index (χ1v) is 16.6. The van der Waals surface area contributed by atoms with E-state index in [9.17, 15) is 0 Å². The second kappa shape index (κ2) is 7.73. The largest absolute Gasteiger partial charge is 0.394 e. The Balaban J connectivity index is 1.27. The molecule has 220 valence electrons. The van der Waals surface area contributed by atoms with Gasteiger partial charge in [-0.25, -0.2) is 0 Å². The molecule has 10 aromatic rings. The van der Waals surface area contributed by atoms with Gasteiger partial charge in [-0.05, 0) is 77.0 Å². The van der Waals surface area contributed by atoms with E-state index in [1.807, 2.05) is 0 Å². The molecule has 0 N–H and O–H groups in total. The number of aromatic nitrogens is 5. The molecular weight excluding hydrogens is 587 g/mol. The lowest BCUT2D eigenvalue weighted by atomic mass is 9.83. The smallest absolute Gasteiger partial charge is 0.307 e. The number of pyridine rings is 1. The summed E-state index contributed by atoms with van der Waals surface area (Å²) in [5.41, 5.74) is 13.0. The highest BCUT2D eigenvalue weighted by atomic mass is 15.5. The highest BCUT2D eigenvalue weighted by Crippen LogP contribution is 2.53. The zero-order chi connectivity index (χ0) is 30.9. The summed E-state index contributed by atoms with van der Waals surface area (Å²) in [6.45, 7) is 0. The highest BCUT2D eigenvalue weighted by molar-refractivity contribution is 6.14. The maximum Gasteiger partial charge on any atom is 0.394 e. The summed E-state index contributed by atoms with van der Waals surface area (Å²) in [7, 11) is 0. The maximum atomic E-state index is 2.57. The molecule has 6 aromatic carbocycles. The van der Waals surface area contributed by atoms with E-state index in [-0.39, 0.29) is 0 Å². The monoisotopic (exact) mass is 611 g/mol. The molecule has 0 bridgehead atoms. The van der Waals surface area contributed by atoms with Gasteiger partial charge in [-0.2, -0.15) is 9.13 Å². The second-order valence-electron chi connectivity index (χ2n) is 13.5.